The first-order valence-corrected chi connectivity index (χ1v) is 7.36. The van der Waals surface area contributed by atoms with Crippen molar-refractivity contribution in [2.75, 3.05) is 13.2 Å². The van der Waals surface area contributed by atoms with Crippen molar-refractivity contribution in [2.24, 2.45) is 5.73 Å². The van der Waals surface area contributed by atoms with Gasteiger partial charge >= 0.3 is 0 Å². The lowest BCUT2D eigenvalue weighted by Crippen LogP contribution is -2.36. The number of nitrogens with zero attached hydrogens (tertiary/aromatic N) is 1. The lowest BCUT2D eigenvalue weighted by molar-refractivity contribution is -0.133. The number of benzene rings is 1. The highest BCUT2D eigenvalue weighted by Crippen LogP contribution is 2.30. The van der Waals surface area contributed by atoms with Crippen LogP contribution in [0, 0.1) is 0 Å². The van der Waals surface area contributed by atoms with E-state index in [0.29, 0.717) is 18.3 Å². The quantitative estimate of drug-likeness (QED) is 0.872. The van der Waals surface area contributed by atoms with Gasteiger partial charge in [0, 0.05) is 24.7 Å². The third kappa shape index (κ3) is 3.48. The van der Waals surface area contributed by atoms with Gasteiger partial charge in [-0.3, -0.25) is 4.79 Å². The largest absolute Gasteiger partial charge is 0.482 e. The fourth-order valence-corrected chi connectivity index (χ4v) is 2.64. The van der Waals surface area contributed by atoms with Gasteiger partial charge in [-0.05, 0) is 41.8 Å². The Morgan fingerprint density at radius 2 is 2.26 bits per heavy atom. The average Bonchev–Trinajstić information content (AvgIpc) is 3.22. The van der Waals surface area contributed by atoms with Crippen molar-refractivity contribution in [1.82, 2.24) is 4.90 Å². The van der Waals surface area contributed by atoms with Crippen LogP contribution in [0.2, 0.25) is 0 Å². The molecule has 0 saturated heterocycles. The van der Waals surface area contributed by atoms with E-state index in [1.54, 1.807) is 0 Å². The Kier molecular flexibility index (Phi) is 4.82. The lowest BCUT2D eigenvalue weighted by Gasteiger charge is -2.21. The molecule has 0 radical (unpaired) electrons. The Bertz CT molecular complexity index is 461. The molecule has 0 heterocycles. The SMILES string of the molecule is CCN(C(=O)COc1c(Br)cccc1CN)C1CC1. The molecule has 5 heteroatoms. The van der Waals surface area contributed by atoms with Crippen LogP contribution in [0.3, 0.4) is 0 Å². The summed E-state index contributed by atoms with van der Waals surface area (Å²) >= 11 is 3.43. The second-order valence-electron chi connectivity index (χ2n) is 4.63. The maximum atomic E-state index is 12.1. The predicted molar refractivity (Wildman–Crippen MR) is 77.9 cm³/mol. The van der Waals surface area contributed by atoms with Gasteiger partial charge in [-0.15, -0.1) is 0 Å². The summed E-state index contributed by atoms with van der Waals surface area (Å²) in [5.74, 6) is 0.717. The fraction of sp³-hybridized carbons (Fsp3) is 0.500. The number of nitrogens with two attached hydrogens (primary N) is 1. The molecule has 1 saturated carbocycles. The highest BCUT2D eigenvalue weighted by molar-refractivity contribution is 9.10. The normalized spacial score (nSPS) is 14.3. The second kappa shape index (κ2) is 6.39. The summed E-state index contributed by atoms with van der Waals surface area (Å²) in [5, 5.41) is 0. The average molecular weight is 327 g/mol. The second-order valence-corrected chi connectivity index (χ2v) is 5.49. The van der Waals surface area contributed by atoms with Gasteiger partial charge in [-0.2, -0.15) is 0 Å². The molecule has 19 heavy (non-hydrogen) atoms. The van der Waals surface area contributed by atoms with E-state index < -0.39 is 0 Å². The molecular formula is C14H19BrN2O2. The summed E-state index contributed by atoms with van der Waals surface area (Å²) in [6.45, 7) is 3.20. The molecule has 2 rings (SSSR count). The van der Waals surface area contributed by atoms with Crippen LogP contribution in [0.1, 0.15) is 25.3 Å². The van der Waals surface area contributed by atoms with Crippen molar-refractivity contribution in [3.05, 3.63) is 28.2 Å². The van der Waals surface area contributed by atoms with Crippen LogP contribution in [-0.4, -0.2) is 30.0 Å². The van der Waals surface area contributed by atoms with E-state index in [1.165, 1.54) is 0 Å². The number of para-hydroxylation sites is 1. The van der Waals surface area contributed by atoms with E-state index in [4.69, 9.17) is 10.5 Å². The van der Waals surface area contributed by atoms with Crippen molar-refractivity contribution in [3.63, 3.8) is 0 Å². The van der Waals surface area contributed by atoms with Gasteiger partial charge < -0.3 is 15.4 Å². The lowest BCUT2D eigenvalue weighted by atomic mass is 10.2. The van der Waals surface area contributed by atoms with Crippen LogP contribution in [0.15, 0.2) is 22.7 Å². The Morgan fingerprint density at radius 3 is 2.84 bits per heavy atom. The molecule has 0 aliphatic heterocycles. The molecule has 1 aromatic rings. The molecule has 0 bridgehead atoms. The van der Waals surface area contributed by atoms with Crippen LogP contribution in [-0.2, 0) is 11.3 Å². The number of carbonyl (C=O) groups excluding carboxylic acids is 1. The number of likely N-dealkylation sites (N-methyl/N-ethyl adjacent to an activating group) is 1. The molecule has 1 aliphatic carbocycles. The van der Waals surface area contributed by atoms with Gasteiger partial charge in [0.15, 0.2) is 6.61 Å². The first-order valence-electron chi connectivity index (χ1n) is 6.57. The van der Waals surface area contributed by atoms with Gasteiger partial charge in [0.2, 0.25) is 0 Å². The number of amides is 1. The van der Waals surface area contributed by atoms with Crippen LogP contribution in [0.4, 0.5) is 0 Å². The van der Waals surface area contributed by atoms with Gasteiger partial charge in [-0.25, -0.2) is 0 Å². The fourth-order valence-electron chi connectivity index (χ4n) is 2.12. The minimum absolute atomic E-state index is 0.0451. The van der Waals surface area contributed by atoms with Crippen molar-refractivity contribution >= 4 is 21.8 Å². The number of hydrogen-bond acceptors (Lipinski definition) is 3. The van der Waals surface area contributed by atoms with Crippen molar-refractivity contribution < 1.29 is 9.53 Å². The van der Waals surface area contributed by atoms with Gasteiger partial charge in [0.05, 0.1) is 4.47 Å². The summed E-state index contributed by atoms with van der Waals surface area (Å²) in [7, 11) is 0. The van der Waals surface area contributed by atoms with E-state index in [2.05, 4.69) is 15.9 Å². The molecular weight excluding hydrogens is 308 g/mol. The summed E-state index contributed by atoms with van der Waals surface area (Å²) in [6, 6.07) is 6.12. The van der Waals surface area contributed by atoms with E-state index in [0.717, 1.165) is 29.4 Å². The zero-order valence-corrected chi connectivity index (χ0v) is 12.6. The molecule has 0 spiro atoms. The zero-order valence-electron chi connectivity index (χ0n) is 11.1. The first kappa shape index (κ1) is 14.3. The molecule has 104 valence electrons. The third-order valence-electron chi connectivity index (χ3n) is 3.26. The highest BCUT2D eigenvalue weighted by Gasteiger charge is 2.31. The van der Waals surface area contributed by atoms with Gasteiger partial charge in [0.1, 0.15) is 5.75 Å². The summed E-state index contributed by atoms with van der Waals surface area (Å²) < 4.78 is 6.49. The van der Waals surface area contributed by atoms with Crippen LogP contribution in [0.25, 0.3) is 0 Å². The minimum Gasteiger partial charge on any atom is -0.482 e. The Labute approximate surface area is 122 Å². The standard InChI is InChI=1S/C14H19BrN2O2/c1-2-17(11-6-7-11)13(18)9-19-14-10(8-16)4-3-5-12(14)15/h3-5,11H,2,6-9,16H2,1H3. The van der Waals surface area contributed by atoms with E-state index >= 15 is 0 Å². The maximum absolute atomic E-state index is 12.1. The van der Waals surface area contributed by atoms with Gasteiger partial charge in [0.25, 0.3) is 5.91 Å². The van der Waals surface area contributed by atoms with Crippen molar-refractivity contribution in [1.29, 1.82) is 0 Å². The van der Waals surface area contributed by atoms with E-state index in [9.17, 15) is 4.79 Å². The Balaban J connectivity index is 2.00. The molecule has 1 amide bonds. The molecule has 0 aromatic heterocycles. The number of hydrogen-bond donors (Lipinski definition) is 1. The zero-order chi connectivity index (χ0) is 13.8. The molecule has 1 fully saturated rings. The molecule has 0 unspecified atom stereocenters. The van der Waals surface area contributed by atoms with Crippen LogP contribution < -0.4 is 10.5 Å². The number of halogens is 1. The Morgan fingerprint density at radius 1 is 1.53 bits per heavy atom. The summed E-state index contributed by atoms with van der Waals surface area (Å²) in [5.41, 5.74) is 6.57. The van der Waals surface area contributed by atoms with Crippen LogP contribution in [0.5, 0.6) is 5.75 Å². The van der Waals surface area contributed by atoms with Crippen molar-refractivity contribution in [3.8, 4) is 5.75 Å². The number of rotatable bonds is 6. The molecule has 4 nitrogen and oxygen atoms in total. The summed E-state index contributed by atoms with van der Waals surface area (Å²) in [4.78, 5) is 14.0. The monoisotopic (exact) mass is 326 g/mol. The molecule has 0 atom stereocenters. The predicted octanol–water partition coefficient (Wildman–Crippen LogP) is 2.30. The van der Waals surface area contributed by atoms with Gasteiger partial charge in [-0.1, -0.05) is 12.1 Å². The maximum Gasteiger partial charge on any atom is 0.260 e. The third-order valence-corrected chi connectivity index (χ3v) is 3.88. The number of ether oxygens (including phenoxy) is 1. The highest BCUT2D eigenvalue weighted by atomic mass is 79.9. The smallest absolute Gasteiger partial charge is 0.260 e. The van der Waals surface area contributed by atoms with Crippen LogP contribution >= 0.6 is 15.9 Å². The first-order chi connectivity index (χ1) is 9.17. The molecule has 2 N–H and O–H groups in total. The summed E-state index contributed by atoms with van der Waals surface area (Å²) in [6.07, 6.45) is 2.23. The topological polar surface area (TPSA) is 55.6 Å². The Hall–Kier alpha value is -1.07. The minimum atomic E-state index is 0.0451. The molecule has 1 aromatic carbocycles. The number of carbonyl (C=O) groups is 1. The molecule has 1 aliphatic rings. The van der Waals surface area contributed by atoms with Crippen molar-refractivity contribution in [2.45, 2.75) is 32.4 Å². The van der Waals surface area contributed by atoms with E-state index in [1.807, 2.05) is 30.0 Å². The van der Waals surface area contributed by atoms with E-state index in [-0.39, 0.29) is 12.5 Å².